The second-order valence-electron chi connectivity index (χ2n) is 8.11. The number of carbonyl (C=O) groups excluding carboxylic acids is 2. The van der Waals surface area contributed by atoms with Gasteiger partial charge in [-0.25, -0.2) is 0 Å². The van der Waals surface area contributed by atoms with Gasteiger partial charge >= 0.3 is 0 Å². The molecular weight excluding hydrogens is 424 g/mol. The number of nitrogens with zero attached hydrogens (tertiary/aromatic N) is 1. The number of carbonyl (C=O) groups is 2. The summed E-state index contributed by atoms with van der Waals surface area (Å²) < 4.78 is 16.7. The molecular formula is C25H22N2O6. The highest BCUT2D eigenvalue weighted by molar-refractivity contribution is 6.24. The molecule has 0 saturated heterocycles. The third-order valence-electron chi connectivity index (χ3n) is 5.73. The van der Waals surface area contributed by atoms with Gasteiger partial charge in [-0.3, -0.25) is 9.59 Å². The maximum absolute atomic E-state index is 13.7. The highest BCUT2D eigenvalue weighted by atomic mass is 16.7. The van der Waals surface area contributed by atoms with Gasteiger partial charge in [0.1, 0.15) is 11.6 Å². The van der Waals surface area contributed by atoms with Crippen molar-refractivity contribution in [1.82, 2.24) is 0 Å². The second-order valence-corrected chi connectivity index (χ2v) is 8.11. The fourth-order valence-corrected chi connectivity index (χ4v) is 4.32. The lowest BCUT2D eigenvalue weighted by molar-refractivity contribution is -0.140. The Bertz CT molecular complexity index is 1260. The van der Waals surface area contributed by atoms with E-state index in [1.807, 2.05) is 13.8 Å². The van der Waals surface area contributed by atoms with Crippen LogP contribution in [0, 0.1) is 5.92 Å². The first-order valence-corrected chi connectivity index (χ1v) is 10.6. The maximum Gasteiger partial charge on any atom is 0.277 e. The minimum absolute atomic E-state index is 0.0489. The van der Waals surface area contributed by atoms with Crippen LogP contribution in [0.3, 0.4) is 0 Å². The van der Waals surface area contributed by atoms with Crippen molar-refractivity contribution in [3.63, 3.8) is 0 Å². The third-order valence-corrected chi connectivity index (χ3v) is 5.73. The summed E-state index contributed by atoms with van der Waals surface area (Å²) in [6.45, 7) is 3.83. The van der Waals surface area contributed by atoms with Crippen LogP contribution < -0.4 is 14.8 Å². The highest BCUT2D eigenvalue weighted by Crippen LogP contribution is 2.50. The zero-order valence-electron chi connectivity index (χ0n) is 18.3. The van der Waals surface area contributed by atoms with Gasteiger partial charge in [-0.1, -0.05) is 23.4 Å². The van der Waals surface area contributed by atoms with Crippen LogP contribution in [0.4, 0.5) is 5.69 Å². The number of Topliss-reactive ketones (excluding diaryl/α,β-unsaturated/α-hetero) is 1. The quantitative estimate of drug-likeness (QED) is 0.571. The smallest absolute Gasteiger partial charge is 0.277 e. The topological polar surface area (TPSA) is 99.4 Å². The average Bonchev–Trinajstić information content (AvgIpc) is 3.53. The molecule has 0 aliphatic carbocycles. The molecule has 33 heavy (non-hydrogen) atoms. The molecule has 3 aromatic rings. The number of benzene rings is 2. The molecule has 2 atom stereocenters. The molecule has 0 radical (unpaired) electrons. The summed E-state index contributed by atoms with van der Waals surface area (Å²) in [5.41, 5.74) is 0.357. The first-order valence-electron chi connectivity index (χ1n) is 10.6. The minimum atomic E-state index is -1.64. The maximum atomic E-state index is 13.7. The fourth-order valence-electron chi connectivity index (χ4n) is 4.32. The van der Waals surface area contributed by atoms with E-state index in [0.717, 1.165) is 0 Å². The Morgan fingerprint density at radius 2 is 1.94 bits per heavy atom. The summed E-state index contributed by atoms with van der Waals surface area (Å²) in [6, 6.07) is 15.5. The monoisotopic (exact) mass is 446 g/mol. The van der Waals surface area contributed by atoms with Crippen molar-refractivity contribution in [3.8, 4) is 11.5 Å². The van der Waals surface area contributed by atoms with E-state index in [1.54, 1.807) is 54.6 Å². The van der Waals surface area contributed by atoms with Crippen LogP contribution in [0.25, 0.3) is 0 Å². The molecule has 0 bridgehead atoms. The van der Waals surface area contributed by atoms with Crippen molar-refractivity contribution < 1.29 is 28.3 Å². The molecule has 8 nitrogen and oxygen atoms in total. The lowest BCUT2D eigenvalue weighted by atomic mass is 9.75. The Morgan fingerprint density at radius 1 is 1.12 bits per heavy atom. The number of para-hydroxylation sites is 1. The number of furan rings is 1. The van der Waals surface area contributed by atoms with Crippen LogP contribution in [0.5, 0.6) is 11.5 Å². The molecule has 0 unspecified atom stereocenters. The van der Waals surface area contributed by atoms with Crippen molar-refractivity contribution in [2.75, 3.05) is 12.4 Å². The predicted molar refractivity (Wildman–Crippen MR) is 120 cm³/mol. The van der Waals surface area contributed by atoms with Gasteiger partial charge < -0.3 is 24.0 Å². The summed E-state index contributed by atoms with van der Waals surface area (Å²) in [7, 11) is 1.53. The molecule has 1 amide bonds. The Balaban J connectivity index is 1.64. The number of anilines is 1. The van der Waals surface area contributed by atoms with Crippen molar-refractivity contribution in [2.45, 2.75) is 25.6 Å². The lowest BCUT2D eigenvalue weighted by Crippen LogP contribution is -2.46. The second kappa shape index (κ2) is 7.81. The SMILES string of the molecule is COc1cc(C2=NO[C@]3(C(=O)Nc4ccccc43)[C@H]2C(=O)c2ccco2)ccc1OC(C)C. The van der Waals surface area contributed by atoms with Crippen LogP contribution in [-0.4, -0.2) is 30.6 Å². The van der Waals surface area contributed by atoms with E-state index in [9.17, 15) is 9.59 Å². The zero-order chi connectivity index (χ0) is 23.2. The molecule has 1 aromatic heterocycles. The molecule has 3 heterocycles. The van der Waals surface area contributed by atoms with Gasteiger partial charge in [0.15, 0.2) is 17.3 Å². The molecule has 1 spiro atoms. The van der Waals surface area contributed by atoms with Crippen molar-refractivity contribution >= 4 is 23.1 Å². The van der Waals surface area contributed by atoms with E-state index in [1.165, 1.54) is 13.4 Å². The number of fused-ring (bicyclic) bond motifs is 2. The summed E-state index contributed by atoms with van der Waals surface area (Å²) >= 11 is 0. The number of nitrogens with one attached hydrogen (secondary N) is 1. The number of methoxy groups -OCH3 is 1. The van der Waals surface area contributed by atoms with E-state index < -0.39 is 23.2 Å². The van der Waals surface area contributed by atoms with Gasteiger partial charge in [0, 0.05) is 16.8 Å². The van der Waals surface area contributed by atoms with Gasteiger partial charge in [-0.2, -0.15) is 0 Å². The summed E-state index contributed by atoms with van der Waals surface area (Å²) in [6.07, 6.45) is 1.36. The van der Waals surface area contributed by atoms with E-state index >= 15 is 0 Å². The van der Waals surface area contributed by atoms with E-state index in [-0.39, 0.29) is 11.9 Å². The van der Waals surface area contributed by atoms with Gasteiger partial charge in [0.2, 0.25) is 5.78 Å². The molecule has 0 saturated carbocycles. The molecule has 2 aliphatic rings. The van der Waals surface area contributed by atoms with Crippen LogP contribution in [0.15, 0.2) is 70.4 Å². The molecule has 1 N–H and O–H groups in total. The summed E-state index contributed by atoms with van der Waals surface area (Å²) in [4.78, 5) is 32.8. The Hall–Kier alpha value is -4.07. The van der Waals surface area contributed by atoms with Crippen LogP contribution >= 0.6 is 0 Å². The lowest BCUT2D eigenvalue weighted by Gasteiger charge is -2.26. The number of ketones is 1. The van der Waals surface area contributed by atoms with Gasteiger partial charge in [-0.15, -0.1) is 0 Å². The summed E-state index contributed by atoms with van der Waals surface area (Å²) in [5.74, 6) is -0.798. The number of ether oxygens (including phenoxy) is 2. The molecule has 5 rings (SSSR count). The number of hydrogen-bond acceptors (Lipinski definition) is 7. The van der Waals surface area contributed by atoms with Crippen LogP contribution in [0.2, 0.25) is 0 Å². The van der Waals surface area contributed by atoms with Gasteiger partial charge in [-0.05, 0) is 50.2 Å². The first kappa shape index (κ1) is 20.8. The van der Waals surface area contributed by atoms with Crippen LogP contribution in [-0.2, 0) is 15.2 Å². The molecule has 168 valence electrons. The number of amides is 1. The Morgan fingerprint density at radius 3 is 2.67 bits per heavy atom. The number of oxime groups is 1. The molecule has 2 aliphatic heterocycles. The number of hydrogen-bond donors (Lipinski definition) is 1. The highest BCUT2D eigenvalue weighted by Gasteiger charge is 2.63. The van der Waals surface area contributed by atoms with Crippen LogP contribution in [0.1, 0.15) is 35.5 Å². The molecule has 0 fully saturated rings. The fraction of sp³-hybridized carbons (Fsp3) is 0.240. The van der Waals surface area contributed by atoms with Gasteiger partial charge in [0.05, 0.1) is 19.5 Å². The van der Waals surface area contributed by atoms with E-state index in [4.69, 9.17) is 18.7 Å². The van der Waals surface area contributed by atoms with Crippen molar-refractivity contribution in [1.29, 1.82) is 0 Å². The van der Waals surface area contributed by atoms with Crippen molar-refractivity contribution in [2.24, 2.45) is 11.1 Å². The van der Waals surface area contributed by atoms with E-state index in [0.29, 0.717) is 34.0 Å². The molecule has 8 heteroatoms. The molecule has 2 aromatic carbocycles. The largest absolute Gasteiger partial charge is 0.493 e. The summed E-state index contributed by atoms with van der Waals surface area (Å²) in [5, 5.41) is 7.09. The van der Waals surface area contributed by atoms with E-state index in [2.05, 4.69) is 10.5 Å². The predicted octanol–water partition coefficient (Wildman–Crippen LogP) is 4.16. The van der Waals surface area contributed by atoms with Crippen molar-refractivity contribution in [3.05, 3.63) is 77.7 Å². The normalized spacial score (nSPS) is 20.9. The Labute approximate surface area is 190 Å². The average molecular weight is 446 g/mol. The minimum Gasteiger partial charge on any atom is -0.493 e. The number of rotatable bonds is 6. The zero-order valence-corrected chi connectivity index (χ0v) is 18.3. The van der Waals surface area contributed by atoms with Gasteiger partial charge in [0.25, 0.3) is 11.5 Å². The standard InChI is InChI=1S/C25H22N2O6/c1-14(2)32-18-11-10-15(13-20(18)30-3)22-21(23(28)19-9-6-12-31-19)25(33-27-22)16-7-4-5-8-17(16)26-24(25)29/h4-14,21H,1-3H3,(H,26,29)/t21-,25+/m1/s1. The Kier molecular flexibility index (Phi) is 4.92. The first-order chi connectivity index (χ1) is 16.0. The third kappa shape index (κ3) is 3.17.